The van der Waals surface area contributed by atoms with E-state index in [0.717, 1.165) is 31.8 Å². The summed E-state index contributed by atoms with van der Waals surface area (Å²) in [5.74, 6) is -5.85. The molecule has 3 heterocycles. The fourth-order valence-corrected chi connectivity index (χ4v) is 7.23. The highest BCUT2D eigenvalue weighted by molar-refractivity contribution is 5.93. The van der Waals surface area contributed by atoms with E-state index in [1.807, 2.05) is 0 Å². The van der Waals surface area contributed by atoms with Crippen LogP contribution in [-0.4, -0.2) is 102 Å². The molecule has 3 aliphatic rings. The summed E-state index contributed by atoms with van der Waals surface area (Å²) in [6, 6.07) is 4.72. The lowest BCUT2D eigenvalue weighted by atomic mass is 9.74. The van der Waals surface area contributed by atoms with Gasteiger partial charge < -0.3 is 48.5 Å². The number of fused-ring (bicyclic) bond motifs is 3. The number of benzene rings is 1. The Bertz CT molecular complexity index is 1620. The Morgan fingerprint density at radius 3 is 2.43 bits per heavy atom. The summed E-state index contributed by atoms with van der Waals surface area (Å²) < 4.78 is 40.0. The lowest BCUT2D eigenvalue weighted by molar-refractivity contribution is -0.327. The van der Waals surface area contributed by atoms with Crippen LogP contribution in [0.1, 0.15) is 120 Å². The first-order valence-electron chi connectivity index (χ1n) is 19.3. The number of esters is 5. The SMILES string of the molecule is CCCCCCCC(=O)O[C@H]1/C(=C/C(=O)OC)C[C@H]2C[C@H](CO)OC(=O)C[C@H](O)C[C@@H]3C[C@H](OC(C)=O)c4cccc(c4O3)C(=O)OC/C=C\C(C)(C)[C@]1(O)O2. The lowest BCUT2D eigenvalue weighted by Gasteiger charge is -2.50. The third kappa shape index (κ3) is 11.6. The van der Waals surface area contributed by atoms with Crippen LogP contribution in [0.25, 0.3) is 0 Å². The first kappa shape index (κ1) is 44.4. The zero-order chi connectivity index (χ0) is 41.0. The molecule has 56 heavy (non-hydrogen) atoms. The molecule has 0 saturated carbocycles. The van der Waals surface area contributed by atoms with Crippen LogP contribution in [-0.2, 0) is 47.6 Å². The van der Waals surface area contributed by atoms with Crippen molar-refractivity contribution in [2.24, 2.45) is 5.41 Å². The molecule has 4 bridgehead atoms. The largest absolute Gasteiger partial charge is 0.489 e. The van der Waals surface area contributed by atoms with Gasteiger partial charge in [-0.05, 0) is 24.5 Å². The van der Waals surface area contributed by atoms with Crippen LogP contribution in [0.3, 0.4) is 0 Å². The third-order valence-corrected chi connectivity index (χ3v) is 10.2. The highest BCUT2D eigenvalue weighted by atomic mass is 16.7. The van der Waals surface area contributed by atoms with E-state index in [0.29, 0.717) is 12.0 Å². The molecule has 1 aromatic rings. The van der Waals surface area contributed by atoms with Crippen molar-refractivity contribution < 1.29 is 72.5 Å². The van der Waals surface area contributed by atoms with E-state index < -0.39 is 90.7 Å². The van der Waals surface area contributed by atoms with Crippen molar-refractivity contribution in [1.82, 2.24) is 0 Å². The van der Waals surface area contributed by atoms with E-state index in [2.05, 4.69) is 6.92 Å². The van der Waals surface area contributed by atoms with E-state index in [9.17, 15) is 39.3 Å². The molecular formula is C41H56O15. The topological polar surface area (TPSA) is 211 Å². The molecule has 15 heteroatoms. The number of aliphatic hydroxyl groups excluding tert-OH is 2. The fourth-order valence-electron chi connectivity index (χ4n) is 7.23. The Labute approximate surface area is 327 Å². The highest BCUT2D eigenvalue weighted by Gasteiger charge is 2.57. The monoisotopic (exact) mass is 788 g/mol. The second-order valence-electron chi connectivity index (χ2n) is 15.1. The molecule has 3 N–H and O–H groups in total. The minimum atomic E-state index is -2.36. The van der Waals surface area contributed by atoms with Gasteiger partial charge in [-0.1, -0.05) is 70.7 Å². The first-order chi connectivity index (χ1) is 26.6. The molecule has 3 aliphatic heterocycles. The molecule has 1 aromatic carbocycles. The summed E-state index contributed by atoms with van der Waals surface area (Å²) in [5.41, 5.74) is -0.798. The van der Waals surface area contributed by atoms with Crippen LogP contribution >= 0.6 is 0 Å². The van der Waals surface area contributed by atoms with Crippen molar-refractivity contribution in [1.29, 1.82) is 0 Å². The fraction of sp³-hybridized carbons (Fsp3) is 0.634. The summed E-state index contributed by atoms with van der Waals surface area (Å²) >= 11 is 0. The number of hydrogen-bond donors (Lipinski definition) is 3. The second kappa shape index (κ2) is 20.2. The second-order valence-corrected chi connectivity index (χ2v) is 15.1. The number of hydrogen-bond acceptors (Lipinski definition) is 15. The summed E-state index contributed by atoms with van der Waals surface area (Å²) in [4.78, 5) is 64.5. The quantitative estimate of drug-likeness (QED) is 0.0981. The molecule has 0 radical (unpaired) electrons. The predicted molar refractivity (Wildman–Crippen MR) is 198 cm³/mol. The molecule has 0 aromatic heterocycles. The van der Waals surface area contributed by atoms with Gasteiger partial charge in [0, 0.05) is 49.7 Å². The number of unbranched alkanes of at least 4 members (excludes halogenated alkanes) is 4. The molecule has 0 unspecified atom stereocenters. The summed E-state index contributed by atoms with van der Waals surface area (Å²) in [6.45, 7) is 5.61. The van der Waals surface area contributed by atoms with Crippen LogP contribution < -0.4 is 4.74 Å². The van der Waals surface area contributed by atoms with E-state index in [1.165, 1.54) is 32.3 Å². The average Bonchev–Trinajstić information content (AvgIpc) is 3.13. The van der Waals surface area contributed by atoms with E-state index in [-0.39, 0.29) is 55.6 Å². The van der Waals surface area contributed by atoms with E-state index in [1.54, 1.807) is 26.0 Å². The van der Waals surface area contributed by atoms with Crippen molar-refractivity contribution >= 4 is 29.8 Å². The Balaban J connectivity index is 1.73. The van der Waals surface area contributed by atoms with Crippen LogP contribution in [0.15, 0.2) is 42.0 Å². The van der Waals surface area contributed by atoms with Gasteiger partial charge in [-0.15, -0.1) is 0 Å². The predicted octanol–water partition coefficient (Wildman–Crippen LogP) is 4.48. The Morgan fingerprint density at radius 2 is 1.73 bits per heavy atom. The molecule has 4 rings (SSSR count). The van der Waals surface area contributed by atoms with Gasteiger partial charge in [-0.25, -0.2) is 9.59 Å². The van der Waals surface area contributed by atoms with Crippen LogP contribution in [0.2, 0.25) is 0 Å². The number of aliphatic hydroxyl groups is 3. The molecule has 0 spiro atoms. The zero-order valence-electron chi connectivity index (χ0n) is 32.9. The molecule has 1 saturated heterocycles. The Kier molecular flexibility index (Phi) is 16.0. The molecule has 7 atom stereocenters. The van der Waals surface area contributed by atoms with Crippen molar-refractivity contribution in [3.8, 4) is 5.75 Å². The number of para-hydroxylation sites is 1. The maximum Gasteiger partial charge on any atom is 0.342 e. The van der Waals surface area contributed by atoms with Crippen molar-refractivity contribution in [2.75, 3.05) is 20.3 Å². The molecule has 0 amide bonds. The maximum absolute atomic E-state index is 13.5. The van der Waals surface area contributed by atoms with Crippen molar-refractivity contribution in [2.45, 2.75) is 141 Å². The molecule has 0 aliphatic carbocycles. The maximum atomic E-state index is 13.5. The van der Waals surface area contributed by atoms with Crippen molar-refractivity contribution in [3.05, 3.63) is 53.1 Å². The molecule has 310 valence electrons. The molecule has 1 fully saturated rings. The third-order valence-electron chi connectivity index (χ3n) is 10.2. The average molecular weight is 789 g/mol. The number of ether oxygens (including phenoxy) is 7. The minimum absolute atomic E-state index is 0.0300. The first-order valence-corrected chi connectivity index (χ1v) is 19.3. The normalized spacial score (nSPS) is 29.5. The zero-order valence-corrected chi connectivity index (χ0v) is 32.9. The molecular weight excluding hydrogens is 732 g/mol. The number of carbonyl (C=O) groups excluding carboxylic acids is 5. The lowest BCUT2D eigenvalue weighted by Crippen LogP contribution is -2.62. The van der Waals surface area contributed by atoms with Gasteiger partial charge in [0.2, 0.25) is 5.79 Å². The van der Waals surface area contributed by atoms with Crippen LogP contribution in [0, 0.1) is 5.41 Å². The number of rotatable bonds is 10. The van der Waals surface area contributed by atoms with Gasteiger partial charge in [-0.2, -0.15) is 0 Å². The van der Waals surface area contributed by atoms with Crippen LogP contribution in [0.4, 0.5) is 0 Å². The van der Waals surface area contributed by atoms with Gasteiger partial charge in [0.05, 0.1) is 32.3 Å². The Morgan fingerprint density at radius 1 is 0.982 bits per heavy atom. The highest BCUT2D eigenvalue weighted by Crippen LogP contribution is 2.47. The smallest absolute Gasteiger partial charge is 0.342 e. The van der Waals surface area contributed by atoms with E-state index in [4.69, 9.17) is 33.2 Å². The summed E-state index contributed by atoms with van der Waals surface area (Å²) in [6.07, 6.45) is 1.28. The van der Waals surface area contributed by atoms with Gasteiger partial charge in [0.25, 0.3) is 0 Å². The number of methoxy groups -OCH3 is 1. The van der Waals surface area contributed by atoms with Crippen molar-refractivity contribution in [3.63, 3.8) is 0 Å². The van der Waals surface area contributed by atoms with Gasteiger partial charge >= 0.3 is 29.8 Å². The molecule has 15 nitrogen and oxygen atoms in total. The van der Waals surface area contributed by atoms with Gasteiger partial charge in [0.1, 0.15) is 36.2 Å². The van der Waals surface area contributed by atoms with Gasteiger partial charge in [0.15, 0.2) is 6.10 Å². The van der Waals surface area contributed by atoms with E-state index >= 15 is 0 Å². The van der Waals surface area contributed by atoms with Crippen LogP contribution in [0.5, 0.6) is 5.75 Å². The minimum Gasteiger partial charge on any atom is -0.489 e. The standard InChI is InChI=1S/C41H56O15/c1-6-7-8-9-10-15-34(45)55-38-26(19-35(46)50-5)18-29-22-30(24-42)53-36(47)21-27(44)20-28-23-33(52-25(2)43)31-13-11-14-32(37(31)54-28)39(48)51-17-12-16-40(3,4)41(38,49)56-29/h11-14,16,19,27-30,33,38,42,44,49H,6-10,15,17-18,20-24H2,1-5H3/b16-12-,26-19+/t27-,28-,29+,30-,33+,38+,41-/m1/s1. The van der Waals surface area contributed by atoms with Gasteiger partial charge in [-0.3, -0.25) is 14.4 Å². The number of carbonyl (C=O) groups is 5. The summed E-state index contributed by atoms with van der Waals surface area (Å²) in [5, 5.41) is 33.8. The summed E-state index contributed by atoms with van der Waals surface area (Å²) in [7, 11) is 1.18. The number of cyclic esters (lactones) is 2. The Hall–Kier alpha value is -4.31.